The summed E-state index contributed by atoms with van der Waals surface area (Å²) in [4.78, 5) is 16.1. The van der Waals surface area contributed by atoms with Crippen LogP contribution in [0.15, 0.2) is 72.8 Å². The Morgan fingerprint density at radius 1 is 0.912 bits per heavy atom. The summed E-state index contributed by atoms with van der Waals surface area (Å²) in [5.74, 6) is 0.846. The number of hydrogen-bond acceptors (Lipinski definition) is 5. The van der Waals surface area contributed by atoms with Crippen molar-refractivity contribution in [2.24, 2.45) is 0 Å². The van der Waals surface area contributed by atoms with Crippen molar-refractivity contribution in [2.45, 2.75) is 0 Å². The number of amides is 1. The molecule has 0 fully saturated rings. The quantitative estimate of drug-likeness (QED) is 0.222. The number of para-hydroxylation sites is 1. The van der Waals surface area contributed by atoms with Crippen LogP contribution in [0.25, 0.3) is 17.1 Å². The van der Waals surface area contributed by atoms with E-state index in [1.54, 1.807) is 47.1 Å². The van der Waals surface area contributed by atoms with Crippen molar-refractivity contribution in [1.29, 1.82) is 0 Å². The SMILES string of the molecule is O=C(CCl)Nc1ccc(-n2nc(OCCOc3ccccc3)nc2-c2ccc(Cl)c(Cl)c2)cc1. The Labute approximate surface area is 211 Å². The zero-order valence-corrected chi connectivity index (χ0v) is 20.0. The van der Waals surface area contributed by atoms with Crippen LogP contribution in [0.4, 0.5) is 5.69 Å². The van der Waals surface area contributed by atoms with Gasteiger partial charge in [0, 0.05) is 11.3 Å². The van der Waals surface area contributed by atoms with E-state index in [1.807, 2.05) is 30.3 Å². The maximum atomic E-state index is 11.5. The lowest BCUT2D eigenvalue weighted by atomic mass is 10.2. The Bertz CT molecular complexity index is 1260. The van der Waals surface area contributed by atoms with Gasteiger partial charge in [0.2, 0.25) is 5.91 Å². The Morgan fingerprint density at radius 3 is 2.35 bits per heavy atom. The summed E-state index contributed by atoms with van der Waals surface area (Å²) in [6.45, 7) is 0.582. The van der Waals surface area contributed by atoms with Gasteiger partial charge < -0.3 is 14.8 Å². The Balaban J connectivity index is 1.56. The third-order valence-corrected chi connectivity index (χ3v) is 5.59. The molecule has 34 heavy (non-hydrogen) atoms. The van der Waals surface area contributed by atoms with Gasteiger partial charge in [-0.1, -0.05) is 41.4 Å². The molecule has 3 aromatic carbocycles. The number of anilines is 1. The van der Waals surface area contributed by atoms with Gasteiger partial charge in [-0.3, -0.25) is 4.79 Å². The fraction of sp³-hybridized carbons (Fsp3) is 0.125. The number of nitrogens with zero attached hydrogens (tertiary/aromatic N) is 3. The van der Waals surface area contributed by atoms with Gasteiger partial charge in [0.25, 0.3) is 0 Å². The standard InChI is InChI=1S/C24H19Cl3N4O3/c25-15-22(32)28-17-7-9-18(10-8-17)31-23(16-6-11-20(26)21(27)14-16)29-24(30-31)34-13-12-33-19-4-2-1-3-5-19/h1-11,14H,12-13,15H2,(H,28,32). The zero-order chi connectivity index (χ0) is 23.9. The van der Waals surface area contributed by atoms with E-state index >= 15 is 0 Å². The number of carbonyl (C=O) groups is 1. The first-order valence-electron chi connectivity index (χ1n) is 10.2. The minimum Gasteiger partial charge on any atom is -0.490 e. The second-order valence-electron chi connectivity index (χ2n) is 7.00. The van der Waals surface area contributed by atoms with Crippen LogP contribution >= 0.6 is 34.8 Å². The van der Waals surface area contributed by atoms with Gasteiger partial charge in [-0.25, -0.2) is 4.68 Å². The van der Waals surface area contributed by atoms with Gasteiger partial charge >= 0.3 is 6.01 Å². The first-order chi connectivity index (χ1) is 16.5. The fourth-order valence-electron chi connectivity index (χ4n) is 3.05. The topological polar surface area (TPSA) is 78.3 Å². The molecular weight excluding hydrogens is 499 g/mol. The molecule has 1 N–H and O–H groups in total. The molecule has 0 saturated carbocycles. The van der Waals surface area contributed by atoms with E-state index in [4.69, 9.17) is 44.3 Å². The first kappa shape index (κ1) is 23.9. The number of carbonyl (C=O) groups excluding carboxylic acids is 1. The minimum atomic E-state index is -0.292. The van der Waals surface area contributed by atoms with Crippen LogP contribution in [0.3, 0.4) is 0 Å². The number of nitrogens with one attached hydrogen (secondary N) is 1. The van der Waals surface area contributed by atoms with Crippen LogP contribution in [0, 0.1) is 0 Å². The summed E-state index contributed by atoms with van der Waals surface area (Å²) in [7, 11) is 0. The number of aromatic nitrogens is 3. The van der Waals surface area contributed by atoms with Gasteiger partial charge in [0.1, 0.15) is 24.8 Å². The van der Waals surface area contributed by atoms with Crippen molar-refractivity contribution in [2.75, 3.05) is 24.4 Å². The molecule has 1 aromatic heterocycles. The molecule has 0 aliphatic heterocycles. The minimum absolute atomic E-state index is 0.124. The van der Waals surface area contributed by atoms with Crippen molar-refractivity contribution in [3.8, 4) is 28.8 Å². The second-order valence-corrected chi connectivity index (χ2v) is 8.08. The molecule has 0 spiro atoms. The normalized spacial score (nSPS) is 10.7. The molecule has 0 radical (unpaired) electrons. The Hall–Kier alpha value is -3.26. The van der Waals surface area contributed by atoms with E-state index in [1.165, 1.54) is 0 Å². The number of rotatable bonds is 9. The molecule has 1 heterocycles. The number of alkyl halides is 1. The second kappa shape index (κ2) is 11.2. The fourth-order valence-corrected chi connectivity index (χ4v) is 3.41. The average molecular weight is 518 g/mol. The van der Waals surface area contributed by atoms with E-state index < -0.39 is 0 Å². The maximum Gasteiger partial charge on any atom is 0.336 e. The number of ether oxygens (including phenoxy) is 2. The van der Waals surface area contributed by atoms with E-state index in [9.17, 15) is 4.79 Å². The van der Waals surface area contributed by atoms with Crippen molar-refractivity contribution >= 4 is 46.4 Å². The number of halogens is 3. The number of benzene rings is 3. The van der Waals surface area contributed by atoms with Crippen LogP contribution in [0.5, 0.6) is 11.8 Å². The molecule has 0 aliphatic rings. The van der Waals surface area contributed by atoms with Crippen LogP contribution in [0.2, 0.25) is 10.0 Å². The molecule has 174 valence electrons. The smallest absolute Gasteiger partial charge is 0.336 e. The van der Waals surface area contributed by atoms with Gasteiger partial charge in [-0.15, -0.1) is 16.7 Å². The molecule has 0 aliphatic carbocycles. The molecule has 7 nitrogen and oxygen atoms in total. The van der Waals surface area contributed by atoms with Gasteiger partial charge in [-0.05, 0) is 54.6 Å². The maximum absolute atomic E-state index is 11.5. The average Bonchev–Trinajstić information content (AvgIpc) is 3.29. The highest BCUT2D eigenvalue weighted by atomic mass is 35.5. The molecular formula is C24H19Cl3N4O3. The molecule has 1 amide bonds. The predicted octanol–water partition coefficient (Wildman–Crippen LogP) is 5.88. The summed E-state index contributed by atoms with van der Waals surface area (Å²) < 4.78 is 13.0. The number of hydrogen-bond donors (Lipinski definition) is 1. The van der Waals surface area contributed by atoms with Crippen LogP contribution in [-0.2, 0) is 4.79 Å². The van der Waals surface area contributed by atoms with Gasteiger partial charge in [0.05, 0.1) is 15.7 Å². The molecule has 10 heteroatoms. The summed E-state index contributed by atoms with van der Waals surface area (Å²) in [5, 5.41) is 8.03. The van der Waals surface area contributed by atoms with E-state index in [0.29, 0.717) is 39.4 Å². The molecule has 0 saturated heterocycles. The van der Waals surface area contributed by atoms with E-state index in [2.05, 4.69) is 15.4 Å². The molecule has 4 aromatic rings. The highest BCUT2D eigenvalue weighted by Gasteiger charge is 2.16. The lowest BCUT2D eigenvalue weighted by molar-refractivity contribution is -0.113. The van der Waals surface area contributed by atoms with E-state index in [-0.39, 0.29) is 24.4 Å². The van der Waals surface area contributed by atoms with Crippen molar-refractivity contribution in [1.82, 2.24) is 14.8 Å². The van der Waals surface area contributed by atoms with Gasteiger partial charge in [-0.2, -0.15) is 4.98 Å². The van der Waals surface area contributed by atoms with Crippen LogP contribution in [-0.4, -0.2) is 39.8 Å². The molecule has 0 atom stereocenters. The monoisotopic (exact) mass is 516 g/mol. The summed E-state index contributed by atoms with van der Waals surface area (Å²) in [6.07, 6.45) is 0. The van der Waals surface area contributed by atoms with Crippen molar-refractivity contribution in [3.63, 3.8) is 0 Å². The summed E-state index contributed by atoms with van der Waals surface area (Å²) >= 11 is 17.9. The largest absolute Gasteiger partial charge is 0.490 e. The molecule has 0 bridgehead atoms. The Morgan fingerprint density at radius 2 is 1.65 bits per heavy atom. The zero-order valence-electron chi connectivity index (χ0n) is 17.7. The highest BCUT2D eigenvalue weighted by molar-refractivity contribution is 6.42. The van der Waals surface area contributed by atoms with Gasteiger partial charge in [0.15, 0.2) is 5.82 Å². The van der Waals surface area contributed by atoms with E-state index in [0.717, 1.165) is 5.75 Å². The summed E-state index contributed by atoms with van der Waals surface area (Å²) in [5.41, 5.74) is 2.02. The lowest BCUT2D eigenvalue weighted by Crippen LogP contribution is -2.12. The molecule has 0 unspecified atom stereocenters. The summed E-state index contributed by atoms with van der Waals surface area (Å²) in [6, 6.07) is 21.9. The van der Waals surface area contributed by atoms with Crippen molar-refractivity contribution < 1.29 is 14.3 Å². The first-order valence-corrected chi connectivity index (χ1v) is 11.5. The van der Waals surface area contributed by atoms with Crippen molar-refractivity contribution in [3.05, 3.63) is 82.8 Å². The third kappa shape index (κ3) is 5.99. The lowest BCUT2D eigenvalue weighted by Gasteiger charge is -2.08. The van der Waals surface area contributed by atoms with Crippen LogP contribution in [0.1, 0.15) is 0 Å². The highest BCUT2D eigenvalue weighted by Crippen LogP contribution is 2.30. The Kier molecular flexibility index (Phi) is 7.90. The molecule has 4 rings (SSSR count). The predicted molar refractivity (Wildman–Crippen MR) is 134 cm³/mol. The third-order valence-electron chi connectivity index (χ3n) is 4.61. The van der Waals surface area contributed by atoms with Crippen LogP contribution < -0.4 is 14.8 Å².